The molecule has 0 bridgehead atoms. The molecular weight excluding hydrogens is 174 g/mol. The lowest BCUT2D eigenvalue weighted by molar-refractivity contribution is 0.147. The summed E-state index contributed by atoms with van der Waals surface area (Å²) in [6, 6.07) is 3.25. The smallest absolute Gasteiger partial charge is 0.282 e. The molecule has 0 unspecified atom stereocenters. The first-order valence-electron chi connectivity index (χ1n) is 4.23. The molecule has 0 aromatic carbocycles. The molecule has 1 fully saturated rings. The molecule has 13 heavy (non-hydrogen) atoms. The van der Waals surface area contributed by atoms with Crippen molar-refractivity contribution in [3.8, 4) is 0 Å². The lowest BCUT2D eigenvalue weighted by Gasteiger charge is -2.05. The van der Waals surface area contributed by atoms with Gasteiger partial charge < -0.3 is 5.73 Å². The summed E-state index contributed by atoms with van der Waals surface area (Å²) in [4.78, 5) is 3.86. The van der Waals surface area contributed by atoms with Crippen LogP contribution in [0.5, 0.6) is 0 Å². The molecule has 0 saturated heterocycles. The van der Waals surface area contributed by atoms with Crippen LogP contribution in [-0.2, 0) is 0 Å². The summed E-state index contributed by atoms with van der Waals surface area (Å²) in [5, 5.41) is 0. The van der Waals surface area contributed by atoms with Gasteiger partial charge in [-0.05, 0) is 25.0 Å². The zero-order chi connectivity index (χ0) is 9.42. The van der Waals surface area contributed by atoms with Gasteiger partial charge in [-0.25, -0.2) is 13.8 Å². The minimum absolute atomic E-state index is 0.0828. The Hall–Kier alpha value is -1.19. The molecule has 1 aromatic heterocycles. The highest BCUT2D eigenvalue weighted by Gasteiger charge is 2.26. The van der Waals surface area contributed by atoms with Crippen LogP contribution in [-0.4, -0.2) is 4.98 Å². The highest BCUT2D eigenvalue weighted by atomic mass is 19.3. The Bertz CT molecular complexity index is 321. The normalized spacial score (nSPS) is 16.5. The van der Waals surface area contributed by atoms with E-state index in [1.54, 1.807) is 6.07 Å². The van der Waals surface area contributed by atoms with Crippen LogP contribution >= 0.6 is 0 Å². The number of nitrogens with two attached hydrogens (primary N) is 1. The fourth-order valence-electron chi connectivity index (χ4n) is 1.28. The highest BCUT2D eigenvalue weighted by Crippen LogP contribution is 2.40. The number of nitrogen functional groups attached to an aromatic ring is 1. The van der Waals surface area contributed by atoms with E-state index >= 15 is 0 Å². The zero-order valence-electron chi connectivity index (χ0n) is 7.00. The Labute approximate surface area is 74.8 Å². The van der Waals surface area contributed by atoms with Gasteiger partial charge in [0.05, 0.1) is 5.69 Å². The molecule has 0 aliphatic heterocycles. The first-order valence-corrected chi connectivity index (χ1v) is 4.23. The first kappa shape index (κ1) is 8.41. The number of alkyl halides is 2. The van der Waals surface area contributed by atoms with E-state index < -0.39 is 6.43 Å². The van der Waals surface area contributed by atoms with Gasteiger partial charge in [-0.3, -0.25) is 0 Å². The molecule has 1 saturated carbocycles. The number of aromatic nitrogens is 1. The van der Waals surface area contributed by atoms with Crippen molar-refractivity contribution in [3.63, 3.8) is 0 Å². The average Bonchev–Trinajstić information content (AvgIpc) is 2.87. The molecular formula is C9H10F2N2. The molecule has 1 aliphatic rings. The van der Waals surface area contributed by atoms with Gasteiger partial charge in [-0.1, -0.05) is 0 Å². The van der Waals surface area contributed by atoms with Crippen molar-refractivity contribution < 1.29 is 8.78 Å². The third-order valence-electron chi connectivity index (χ3n) is 2.18. The quantitative estimate of drug-likeness (QED) is 0.766. The van der Waals surface area contributed by atoms with Gasteiger partial charge in [0.2, 0.25) is 0 Å². The number of hydrogen-bond acceptors (Lipinski definition) is 2. The lowest BCUT2D eigenvalue weighted by Crippen LogP contribution is -2.00. The molecule has 2 nitrogen and oxygen atoms in total. The molecule has 2 N–H and O–H groups in total. The van der Waals surface area contributed by atoms with Crippen molar-refractivity contribution in [1.82, 2.24) is 4.98 Å². The van der Waals surface area contributed by atoms with Gasteiger partial charge in [0, 0.05) is 11.6 Å². The minimum Gasteiger partial charge on any atom is -0.397 e. The molecule has 0 radical (unpaired) electrons. The van der Waals surface area contributed by atoms with Crippen LogP contribution in [0.3, 0.4) is 0 Å². The Balaban J connectivity index is 2.36. The van der Waals surface area contributed by atoms with E-state index in [-0.39, 0.29) is 11.4 Å². The van der Waals surface area contributed by atoms with Crippen LogP contribution in [0.4, 0.5) is 14.5 Å². The molecule has 1 aromatic rings. The van der Waals surface area contributed by atoms with Crippen molar-refractivity contribution in [2.24, 2.45) is 0 Å². The zero-order valence-corrected chi connectivity index (χ0v) is 7.00. The fraction of sp³-hybridized carbons (Fsp3) is 0.444. The number of nitrogens with zero attached hydrogens (tertiary/aromatic N) is 1. The second-order valence-corrected chi connectivity index (χ2v) is 3.29. The Morgan fingerprint density at radius 1 is 1.38 bits per heavy atom. The number of rotatable bonds is 2. The van der Waals surface area contributed by atoms with Crippen molar-refractivity contribution in [2.45, 2.75) is 25.2 Å². The Morgan fingerprint density at radius 3 is 2.62 bits per heavy atom. The molecule has 1 heterocycles. The van der Waals surface area contributed by atoms with E-state index in [2.05, 4.69) is 4.98 Å². The standard InChI is InChI=1S/C9H10F2N2/c10-9(11)8-6(12)3-4-7(13-8)5-1-2-5/h3-5,9H,1-2,12H2. The van der Waals surface area contributed by atoms with Gasteiger partial charge in [0.15, 0.2) is 0 Å². The lowest BCUT2D eigenvalue weighted by atomic mass is 10.2. The van der Waals surface area contributed by atoms with Gasteiger partial charge >= 0.3 is 0 Å². The van der Waals surface area contributed by atoms with Crippen LogP contribution < -0.4 is 5.73 Å². The van der Waals surface area contributed by atoms with Crippen molar-refractivity contribution in [2.75, 3.05) is 5.73 Å². The summed E-state index contributed by atoms with van der Waals surface area (Å²) < 4.78 is 24.7. The predicted molar refractivity (Wildman–Crippen MR) is 45.6 cm³/mol. The molecule has 1 aliphatic carbocycles. The Morgan fingerprint density at radius 2 is 2.08 bits per heavy atom. The molecule has 0 amide bonds. The monoisotopic (exact) mass is 184 g/mol. The second-order valence-electron chi connectivity index (χ2n) is 3.29. The maximum Gasteiger partial charge on any atom is 0.282 e. The number of anilines is 1. The molecule has 70 valence electrons. The van der Waals surface area contributed by atoms with E-state index in [4.69, 9.17) is 5.73 Å². The molecule has 0 spiro atoms. The molecule has 4 heteroatoms. The maximum atomic E-state index is 12.3. The fourth-order valence-corrected chi connectivity index (χ4v) is 1.28. The summed E-state index contributed by atoms with van der Waals surface area (Å²) in [5.41, 5.74) is 5.93. The van der Waals surface area contributed by atoms with Crippen LogP contribution in [0.1, 0.15) is 36.6 Å². The van der Waals surface area contributed by atoms with E-state index in [0.717, 1.165) is 18.5 Å². The molecule has 2 rings (SSSR count). The summed E-state index contributed by atoms with van der Waals surface area (Å²) >= 11 is 0. The van der Waals surface area contributed by atoms with Crippen LogP contribution in [0.25, 0.3) is 0 Å². The minimum atomic E-state index is -2.57. The summed E-state index contributed by atoms with van der Waals surface area (Å²) in [6.45, 7) is 0. The van der Waals surface area contributed by atoms with Crippen LogP contribution in [0.2, 0.25) is 0 Å². The average molecular weight is 184 g/mol. The summed E-state index contributed by atoms with van der Waals surface area (Å²) in [5.74, 6) is 0.387. The van der Waals surface area contributed by atoms with E-state index in [1.807, 2.05) is 0 Å². The van der Waals surface area contributed by atoms with Crippen LogP contribution in [0.15, 0.2) is 12.1 Å². The van der Waals surface area contributed by atoms with Crippen molar-refractivity contribution >= 4 is 5.69 Å². The number of hydrogen-bond donors (Lipinski definition) is 1. The van der Waals surface area contributed by atoms with Crippen LogP contribution in [0, 0.1) is 0 Å². The SMILES string of the molecule is Nc1ccc(C2CC2)nc1C(F)F. The Kier molecular flexibility index (Phi) is 1.90. The predicted octanol–water partition coefficient (Wildman–Crippen LogP) is 2.48. The van der Waals surface area contributed by atoms with Gasteiger partial charge in [0.1, 0.15) is 5.69 Å². The maximum absolute atomic E-state index is 12.3. The van der Waals surface area contributed by atoms with Gasteiger partial charge in [-0.15, -0.1) is 0 Å². The largest absolute Gasteiger partial charge is 0.397 e. The van der Waals surface area contributed by atoms with E-state index in [1.165, 1.54) is 6.07 Å². The van der Waals surface area contributed by atoms with Gasteiger partial charge in [0.25, 0.3) is 6.43 Å². The topological polar surface area (TPSA) is 38.9 Å². The van der Waals surface area contributed by atoms with Crippen molar-refractivity contribution in [1.29, 1.82) is 0 Å². The van der Waals surface area contributed by atoms with E-state index in [9.17, 15) is 8.78 Å². The van der Waals surface area contributed by atoms with Gasteiger partial charge in [-0.2, -0.15) is 0 Å². The highest BCUT2D eigenvalue weighted by molar-refractivity contribution is 5.44. The number of pyridine rings is 1. The summed E-state index contributed by atoms with van der Waals surface area (Å²) in [7, 11) is 0. The third-order valence-corrected chi connectivity index (χ3v) is 2.18. The first-order chi connectivity index (χ1) is 6.18. The van der Waals surface area contributed by atoms with Crippen molar-refractivity contribution in [3.05, 3.63) is 23.5 Å². The number of halogens is 2. The second kappa shape index (κ2) is 2.94. The van der Waals surface area contributed by atoms with E-state index in [0.29, 0.717) is 5.92 Å². The molecule has 0 atom stereocenters. The third kappa shape index (κ3) is 1.61. The summed E-state index contributed by atoms with van der Waals surface area (Å²) in [6.07, 6.45) is -0.460.